The van der Waals surface area contributed by atoms with Gasteiger partial charge in [0.15, 0.2) is 0 Å². The molecule has 0 saturated heterocycles. The van der Waals surface area contributed by atoms with Crippen LogP contribution in [0, 0.1) is 0 Å². The molecule has 21 heavy (non-hydrogen) atoms. The molecule has 106 valence electrons. The van der Waals surface area contributed by atoms with Gasteiger partial charge in [-0.3, -0.25) is 4.79 Å². The summed E-state index contributed by atoms with van der Waals surface area (Å²) in [4.78, 5) is 15.4. The summed E-state index contributed by atoms with van der Waals surface area (Å²) in [5.41, 5.74) is 8.25. The SMILES string of the molecule is Nc1ccc2[nH]cc(C(=O)Nc3cc(Cl)cc(Cl)c3)c2c1. The summed E-state index contributed by atoms with van der Waals surface area (Å²) in [7, 11) is 0. The minimum atomic E-state index is -0.259. The number of fused-ring (bicyclic) bond motifs is 1. The average molecular weight is 320 g/mol. The molecule has 1 amide bonds. The van der Waals surface area contributed by atoms with Crippen molar-refractivity contribution in [3.63, 3.8) is 0 Å². The van der Waals surface area contributed by atoms with Gasteiger partial charge in [0, 0.05) is 38.5 Å². The summed E-state index contributed by atoms with van der Waals surface area (Å²) in [6.45, 7) is 0. The number of nitrogens with two attached hydrogens (primary N) is 1. The summed E-state index contributed by atoms with van der Waals surface area (Å²) < 4.78 is 0. The second kappa shape index (κ2) is 5.31. The van der Waals surface area contributed by atoms with E-state index in [0.717, 1.165) is 10.9 Å². The number of aromatic amines is 1. The number of halogens is 2. The Kier molecular flexibility index (Phi) is 3.49. The molecule has 0 fully saturated rings. The minimum absolute atomic E-state index is 0.259. The summed E-state index contributed by atoms with van der Waals surface area (Å²) in [6, 6.07) is 10.2. The summed E-state index contributed by atoms with van der Waals surface area (Å²) in [6.07, 6.45) is 1.64. The van der Waals surface area contributed by atoms with Crippen LogP contribution < -0.4 is 11.1 Å². The van der Waals surface area contributed by atoms with Crippen molar-refractivity contribution in [3.05, 3.63) is 58.2 Å². The summed E-state index contributed by atoms with van der Waals surface area (Å²) in [5, 5.41) is 4.45. The first-order chi connectivity index (χ1) is 10.0. The summed E-state index contributed by atoms with van der Waals surface area (Å²) in [5.74, 6) is -0.259. The second-order valence-corrected chi connectivity index (χ2v) is 5.49. The van der Waals surface area contributed by atoms with Gasteiger partial charge < -0.3 is 16.0 Å². The highest BCUT2D eigenvalue weighted by Gasteiger charge is 2.13. The maximum absolute atomic E-state index is 12.4. The van der Waals surface area contributed by atoms with Crippen LogP contribution in [-0.4, -0.2) is 10.9 Å². The number of carbonyl (C=O) groups is 1. The molecule has 0 radical (unpaired) electrons. The van der Waals surface area contributed by atoms with E-state index in [9.17, 15) is 4.79 Å². The molecule has 0 saturated carbocycles. The number of carbonyl (C=O) groups excluding carboxylic acids is 1. The molecule has 0 bridgehead atoms. The highest BCUT2D eigenvalue weighted by Crippen LogP contribution is 2.25. The average Bonchev–Trinajstić information content (AvgIpc) is 2.80. The Morgan fingerprint density at radius 2 is 1.81 bits per heavy atom. The zero-order chi connectivity index (χ0) is 15.0. The maximum atomic E-state index is 12.4. The first kappa shape index (κ1) is 13.8. The molecule has 0 atom stereocenters. The number of H-pyrrole nitrogens is 1. The molecule has 6 heteroatoms. The quantitative estimate of drug-likeness (QED) is 0.616. The Balaban J connectivity index is 1.95. The van der Waals surface area contributed by atoms with E-state index in [1.165, 1.54) is 0 Å². The largest absolute Gasteiger partial charge is 0.399 e. The number of nitrogens with one attached hydrogen (secondary N) is 2. The Bertz CT molecular complexity index is 822. The van der Waals surface area contributed by atoms with Gasteiger partial charge in [-0.1, -0.05) is 23.2 Å². The number of hydrogen-bond donors (Lipinski definition) is 3. The van der Waals surface area contributed by atoms with Gasteiger partial charge >= 0.3 is 0 Å². The predicted molar refractivity (Wildman–Crippen MR) is 87.1 cm³/mol. The second-order valence-electron chi connectivity index (χ2n) is 4.62. The van der Waals surface area contributed by atoms with Gasteiger partial charge in [0.25, 0.3) is 5.91 Å². The fourth-order valence-electron chi connectivity index (χ4n) is 2.15. The summed E-state index contributed by atoms with van der Waals surface area (Å²) >= 11 is 11.8. The van der Waals surface area contributed by atoms with Crippen molar-refractivity contribution in [2.24, 2.45) is 0 Å². The first-order valence-electron chi connectivity index (χ1n) is 6.17. The van der Waals surface area contributed by atoms with Crippen molar-refractivity contribution in [3.8, 4) is 0 Å². The molecule has 0 unspecified atom stereocenters. The van der Waals surface area contributed by atoms with Crippen LogP contribution in [0.2, 0.25) is 10.0 Å². The van der Waals surface area contributed by atoms with E-state index in [4.69, 9.17) is 28.9 Å². The zero-order valence-corrected chi connectivity index (χ0v) is 12.3. The molecule has 0 aliphatic carbocycles. The maximum Gasteiger partial charge on any atom is 0.257 e. The van der Waals surface area contributed by atoms with E-state index < -0.39 is 0 Å². The minimum Gasteiger partial charge on any atom is -0.399 e. The lowest BCUT2D eigenvalue weighted by atomic mass is 10.1. The monoisotopic (exact) mass is 319 g/mol. The highest BCUT2D eigenvalue weighted by molar-refractivity contribution is 6.35. The van der Waals surface area contributed by atoms with Crippen LogP contribution in [0.4, 0.5) is 11.4 Å². The molecule has 0 aliphatic rings. The van der Waals surface area contributed by atoms with E-state index in [2.05, 4.69) is 10.3 Å². The van der Waals surface area contributed by atoms with Gasteiger partial charge in [0.05, 0.1) is 5.56 Å². The molecule has 3 aromatic rings. The third-order valence-electron chi connectivity index (χ3n) is 3.07. The van der Waals surface area contributed by atoms with Crippen LogP contribution in [0.5, 0.6) is 0 Å². The molecular formula is C15H11Cl2N3O. The fraction of sp³-hybridized carbons (Fsp3) is 0. The van der Waals surface area contributed by atoms with Crippen molar-refractivity contribution in [2.75, 3.05) is 11.1 Å². The molecule has 3 rings (SSSR count). The van der Waals surface area contributed by atoms with E-state index in [1.54, 1.807) is 36.5 Å². The lowest BCUT2D eigenvalue weighted by Gasteiger charge is -2.06. The smallest absolute Gasteiger partial charge is 0.257 e. The van der Waals surface area contributed by atoms with Crippen molar-refractivity contribution < 1.29 is 4.79 Å². The van der Waals surface area contributed by atoms with E-state index in [0.29, 0.717) is 27.0 Å². The third-order valence-corrected chi connectivity index (χ3v) is 3.51. The van der Waals surface area contributed by atoms with Gasteiger partial charge in [0.2, 0.25) is 0 Å². The van der Waals surface area contributed by atoms with Crippen molar-refractivity contribution in [1.82, 2.24) is 4.98 Å². The molecule has 1 heterocycles. The van der Waals surface area contributed by atoms with Crippen molar-refractivity contribution in [1.29, 1.82) is 0 Å². The number of nitrogen functional groups attached to an aromatic ring is 1. The van der Waals surface area contributed by atoms with Gasteiger partial charge in [-0.15, -0.1) is 0 Å². The van der Waals surface area contributed by atoms with E-state index in [-0.39, 0.29) is 5.91 Å². The van der Waals surface area contributed by atoms with Crippen molar-refractivity contribution in [2.45, 2.75) is 0 Å². The van der Waals surface area contributed by atoms with E-state index >= 15 is 0 Å². The molecule has 0 aliphatic heterocycles. The zero-order valence-electron chi connectivity index (χ0n) is 10.8. The number of anilines is 2. The van der Waals surface area contributed by atoms with Crippen LogP contribution in [0.25, 0.3) is 10.9 Å². The van der Waals surface area contributed by atoms with Crippen LogP contribution in [0.1, 0.15) is 10.4 Å². The Morgan fingerprint density at radius 3 is 2.52 bits per heavy atom. The Labute approximate surface area is 130 Å². The van der Waals surface area contributed by atoms with Gasteiger partial charge in [0.1, 0.15) is 0 Å². The first-order valence-corrected chi connectivity index (χ1v) is 6.92. The van der Waals surface area contributed by atoms with Gasteiger partial charge in [-0.2, -0.15) is 0 Å². The number of amides is 1. The fourth-order valence-corrected chi connectivity index (χ4v) is 2.68. The molecule has 1 aromatic heterocycles. The topological polar surface area (TPSA) is 70.9 Å². The third kappa shape index (κ3) is 2.82. The Hall–Kier alpha value is -2.17. The van der Waals surface area contributed by atoms with E-state index in [1.807, 2.05) is 6.07 Å². The normalized spacial score (nSPS) is 10.8. The lowest BCUT2D eigenvalue weighted by molar-refractivity contribution is 0.102. The van der Waals surface area contributed by atoms with Crippen LogP contribution in [0.3, 0.4) is 0 Å². The number of hydrogen-bond acceptors (Lipinski definition) is 2. The lowest BCUT2D eigenvalue weighted by Crippen LogP contribution is -2.11. The van der Waals surface area contributed by atoms with Crippen LogP contribution >= 0.6 is 23.2 Å². The van der Waals surface area contributed by atoms with Crippen LogP contribution in [-0.2, 0) is 0 Å². The molecule has 4 nitrogen and oxygen atoms in total. The van der Waals surface area contributed by atoms with Gasteiger partial charge in [-0.25, -0.2) is 0 Å². The number of benzene rings is 2. The Morgan fingerprint density at radius 1 is 1.10 bits per heavy atom. The van der Waals surface area contributed by atoms with Crippen molar-refractivity contribution >= 4 is 51.4 Å². The number of aromatic nitrogens is 1. The molecule has 4 N–H and O–H groups in total. The molecule has 0 spiro atoms. The van der Waals surface area contributed by atoms with Crippen LogP contribution in [0.15, 0.2) is 42.6 Å². The highest BCUT2D eigenvalue weighted by atomic mass is 35.5. The molecular weight excluding hydrogens is 309 g/mol. The number of rotatable bonds is 2. The molecule has 2 aromatic carbocycles. The standard InChI is InChI=1S/C15H11Cl2N3O/c16-8-3-9(17)5-11(4-8)20-15(21)13-7-19-14-2-1-10(18)6-12(13)14/h1-7,19H,18H2,(H,20,21). The predicted octanol–water partition coefficient (Wildman–Crippen LogP) is 4.31. The van der Waals surface area contributed by atoms with Gasteiger partial charge in [-0.05, 0) is 36.4 Å².